The Hall–Kier alpha value is -1.33. The highest BCUT2D eigenvalue weighted by Crippen LogP contribution is 2.32. The molecule has 1 rings (SSSR count). The van der Waals surface area contributed by atoms with Gasteiger partial charge in [0, 0.05) is 13.1 Å². The molecule has 0 saturated carbocycles. The molecule has 0 radical (unpaired) electrons. The van der Waals surface area contributed by atoms with Gasteiger partial charge in [0.15, 0.2) is 0 Å². The Morgan fingerprint density at radius 3 is 2.25 bits per heavy atom. The Morgan fingerprint density at radius 2 is 1.90 bits per heavy atom. The van der Waals surface area contributed by atoms with Crippen LogP contribution in [-0.4, -0.2) is 43.9 Å². The van der Waals surface area contributed by atoms with E-state index in [1.54, 1.807) is 20.8 Å². The van der Waals surface area contributed by atoms with E-state index in [0.29, 0.717) is 0 Å². The topological polar surface area (TPSA) is 113 Å². The fraction of sp³-hybridized carbons (Fsp3) is 0.833. The number of carbonyl (C=O) groups is 1. The standard InChI is InChI=1S/C12H21N3O4S/c1-11(2,3)19-10(16)15-6-4-12(8-13,5-7-15)9-20(14,17)18/h4-7,9H2,1-3H3,(H2,14,17,18). The number of nitriles is 1. The molecule has 1 aliphatic heterocycles. The number of sulfonamides is 1. The van der Waals surface area contributed by atoms with Crippen molar-refractivity contribution in [3.63, 3.8) is 0 Å². The van der Waals surface area contributed by atoms with E-state index in [4.69, 9.17) is 9.88 Å². The molecule has 1 amide bonds. The Morgan fingerprint density at radius 1 is 1.40 bits per heavy atom. The lowest BCUT2D eigenvalue weighted by Gasteiger charge is -2.37. The number of primary sulfonamides is 1. The van der Waals surface area contributed by atoms with Crippen LogP contribution in [0.15, 0.2) is 0 Å². The van der Waals surface area contributed by atoms with Crippen molar-refractivity contribution in [3.05, 3.63) is 0 Å². The first-order valence-corrected chi connectivity index (χ1v) is 8.08. The summed E-state index contributed by atoms with van der Waals surface area (Å²) in [5, 5.41) is 14.2. The molecule has 20 heavy (non-hydrogen) atoms. The molecule has 0 bridgehead atoms. The number of amides is 1. The van der Waals surface area contributed by atoms with Gasteiger partial charge in [-0.25, -0.2) is 18.4 Å². The van der Waals surface area contributed by atoms with Crippen LogP contribution in [0.2, 0.25) is 0 Å². The predicted octanol–water partition coefficient (Wildman–Crippen LogP) is 0.816. The number of piperidine rings is 1. The SMILES string of the molecule is CC(C)(C)OC(=O)N1CCC(C#N)(CS(N)(=O)=O)CC1. The monoisotopic (exact) mass is 303 g/mol. The minimum atomic E-state index is -3.72. The highest BCUT2D eigenvalue weighted by Gasteiger charge is 2.40. The molecule has 0 aromatic carbocycles. The van der Waals surface area contributed by atoms with Crippen LogP contribution < -0.4 is 5.14 Å². The normalized spacial score (nSPS) is 19.2. The van der Waals surface area contributed by atoms with E-state index in [1.807, 2.05) is 6.07 Å². The van der Waals surface area contributed by atoms with E-state index in [1.165, 1.54) is 4.90 Å². The van der Waals surface area contributed by atoms with Gasteiger partial charge in [0.2, 0.25) is 10.0 Å². The number of hydrogen-bond acceptors (Lipinski definition) is 5. The molecular weight excluding hydrogens is 282 g/mol. The number of ether oxygens (including phenoxy) is 1. The van der Waals surface area contributed by atoms with Crippen LogP contribution in [-0.2, 0) is 14.8 Å². The zero-order chi connectivity index (χ0) is 15.6. The molecular formula is C12H21N3O4S. The van der Waals surface area contributed by atoms with Gasteiger partial charge in [-0.1, -0.05) is 0 Å². The van der Waals surface area contributed by atoms with E-state index in [0.717, 1.165) is 0 Å². The van der Waals surface area contributed by atoms with Crippen molar-refractivity contribution < 1.29 is 17.9 Å². The predicted molar refractivity (Wildman–Crippen MR) is 73.1 cm³/mol. The van der Waals surface area contributed by atoms with E-state index in [9.17, 15) is 18.5 Å². The third-order valence-corrected chi connectivity index (χ3v) is 4.04. The number of carbonyl (C=O) groups excluding carboxylic acids is 1. The summed E-state index contributed by atoms with van der Waals surface area (Å²) >= 11 is 0. The van der Waals surface area contributed by atoms with Gasteiger partial charge in [0.05, 0.1) is 17.2 Å². The van der Waals surface area contributed by atoms with Gasteiger partial charge in [-0.15, -0.1) is 0 Å². The summed E-state index contributed by atoms with van der Waals surface area (Å²) in [5.74, 6) is -0.376. The van der Waals surface area contributed by atoms with Crippen molar-refractivity contribution in [3.8, 4) is 6.07 Å². The summed E-state index contributed by atoms with van der Waals surface area (Å²) in [7, 11) is -3.72. The lowest BCUT2D eigenvalue weighted by Crippen LogP contribution is -2.47. The molecule has 0 aromatic rings. The summed E-state index contributed by atoms with van der Waals surface area (Å²) in [4.78, 5) is 13.4. The number of rotatable bonds is 2. The van der Waals surface area contributed by atoms with Crippen LogP contribution in [0.5, 0.6) is 0 Å². The van der Waals surface area contributed by atoms with Crippen molar-refractivity contribution in [2.75, 3.05) is 18.8 Å². The summed E-state index contributed by atoms with van der Waals surface area (Å²) in [5.41, 5.74) is -1.59. The first kappa shape index (κ1) is 16.7. The highest BCUT2D eigenvalue weighted by molar-refractivity contribution is 7.89. The Balaban J connectivity index is 2.67. The van der Waals surface area contributed by atoms with E-state index in [-0.39, 0.29) is 31.7 Å². The van der Waals surface area contributed by atoms with Gasteiger partial charge < -0.3 is 9.64 Å². The average molecular weight is 303 g/mol. The molecule has 0 aliphatic carbocycles. The van der Waals surface area contributed by atoms with E-state index < -0.39 is 27.1 Å². The van der Waals surface area contributed by atoms with Crippen LogP contribution in [0.25, 0.3) is 0 Å². The number of hydrogen-bond donors (Lipinski definition) is 1. The van der Waals surface area contributed by atoms with E-state index >= 15 is 0 Å². The summed E-state index contributed by atoms with van der Waals surface area (Å²) in [6, 6.07) is 2.04. The molecule has 1 aliphatic rings. The van der Waals surface area contributed by atoms with Gasteiger partial charge in [-0.2, -0.15) is 5.26 Å². The second-order valence-electron chi connectivity index (χ2n) is 6.17. The Bertz CT molecular complexity index is 508. The fourth-order valence-electron chi connectivity index (χ4n) is 2.12. The van der Waals surface area contributed by atoms with Crippen LogP contribution in [0.4, 0.5) is 4.79 Å². The first-order valence-electron chi connectivity index (χ1n) is 6.36. The Labute approximate surface area is 119 Å². The molecule has 114 valence electrons. The average Bonchev–Trinajstić information content (AvgIpc) is 2.25. The largest absolute Gasteiger partial charge is 0.444 e. The maximum atomic E-state index is 11.9. The van der Waals surface area contributed by atoms with Crippen LogP contribution in [0, 0.1) is 16.7 Å². The molecule has 0 atom stereocenters. The summed E-state index contributed by atoms with van der Waals surface area (Å²) < 4.78 is 27.6. The van der Waals surface area contributed by atoms with Crippen molar-refractivity contribution in [2.45, 2.75) is 39.2 Å². The van der Waals surface area contributed by atoms with Gasteiger partial charge >= 0.3 is 6.09 Å². The molecule has 0 aromatic heterocycles. The lowest BCUT2D eigenvalue weighted by atomic mass is 9.82. The third-order valence-electron chi connectivity index (χ3n) is 3.09. The number of nitrogens with two attached hydrogens (primary N) is 1. The first-order chi connectivity index (χ1) is 8.96. The molecule has 7 nitrogen and oxygen atoms in total. The zero-order valence-corrected chi connectivity index (χ0v) is 12.9. The minimum absolute atomic E-state index is 0.277. The molecule has 0 unspecified atom stereocenters. The summed E-state index contributed by atoms with van der Waals surface area (Å²) in [6.07, 6.45) is 0.109. The summed E-state index contributed by atoms with van der Waals surface area (Å²) in [6.45, 7) is 5.90. The molecule has 0 spiro atoms. The van der Waals surface area contributed by atoms with Crippen LogP contribution in [0.3, 0.4) is 0 Å². The molecule has 2 N–H and O–H groups in total. The fourth-order valence-corrected chi connectivity index (χ4v) is 3.24. The van der Waals surface area contributed by atoms with E-state index in [2.05, 4.69) is 0 Å². The second-order valence-corrected chi connectivity index (χ2v) is 7.78. The van der Waals surface area contributed by atoms with Crippen LogP contribution >= 0.6 is 0 Å². The molecule has 1 saturated heterocycles. The van der Waals surface area contributed by atoms with Gasteiger partial charge in [0.1, 0.15) is 5.60 Å². The van der Waals surface area contributed by atoms with Gasteiger partial charge in [0.25, 0.3) is 0 Å². The third kappa shape index (κ3) is 4.98. The zero-order valence-electron chi connectivity index (χ0n) is 12.0. The quantitative estimate of drug-likeness (QED) is 0.811. The van der Waals surface area contributed by atoms with Crippen molar-refractivity contribution in [1.29, 1.82) is 5.26 Å². The number of nitrogens with zero attached hydrogens (tertiary/aromatic N) is 2. The smallest absolute Gasteiger partial charge is 0.410 e. The van der Waals surface area contributed by atoms with Crippen molar-refractivity contribution in [1.82, 2.24) is 4.90 Å². The number of likely N-dealkylation sites (tertiary alicyclic amines) is 1. The van der Waals surface area contributed by atoms with Gasteiger partial charge in [-0.3, -0.25) is 0 Å². The molecule has 8 heteroatoms. The molecule has 1 heterocycles. The second kappa shape index (κ2) is 5.58. The van der Waals surface area contributed by atoms with Crippen LogP contribution in [0.1, 0.15) is 33.6 Å². The maximum Gasteiger partial charge on any atom is 0.410 e. The lowest BCUT2D eigenvalue weighted by molar-refractivity contribution is 0.0161. The molecule has 1 fully saturated rings. The van der Waals surface area contributed by atoms with Crippen molar-refractivity contribution >= 4 is 16.1 Å². The van der Waals surface area contributed by atoms with Crippen molar-refractivity contribution in [2.24, 2.45) is 10.6 Å². The highest BCUT2D eigenvalue weighted by atomic mass is 32.2. The van der Waals surface area contributed by atoms with Gasteiger partial charge in [-0.05, 0) is 33.6 Å². The Kier molecular flexibility index (Phi) is 4.66. The maximum absolute atomic E-state index is 11.9. The minimum Gasteiger partial charge on any atom is -0.444 e.